The number of methoxy groups -OCH3 is 2. The third kappa shape index (κ3) is 4.89. The van der Waals surface area contributed by atoms with Crippen LogP contribution in [0, 0.1) is 5.92 Å². The van der Waals surface area contributed by atoms with Crippen LogP contribution in [0.4, 0.5) is 0 Å². The molecule has 2 fully saturated rings. The van der Waals surface area contributed by atoms with E-state index in [0.717, 1.165) is 69.0 Å². The van der Waals surface area contributed by atoms with E-state index in [-0.39, 0.29) is 17.9 Å². The number of benzene rings is 1. The van der Waals surface area contributed by atoms with Crippen LogP contribution in [0.25, 0.3) is 0 Å². The van der Waals surface area contributed by atoms with Crippen LogP contribution < -0.4 is 14.8 Å². The molecule has 0 unspecified atom stereocenters. The molecule has 0 saturated carbocycles. The highest BCUT2D eigenvalue weighted by atomic mass is 16.5. The molecule has 2 heterocycles. The molecule has 6 heteroatoms. The highest BCUT2D eigenvalue weighted by Gasteiger charge is 2.26. The number of hydrogen-bond acceptors (Lipinski definition) is 5. The summed E-state index contributed by atoms with van der Waals surface area (Å²) in [5.41, 5.74) is 1.15. The Hall–Kier alpha value is -1.79. The van der Waals surface area contributed by atoms with Crippen LogP contribution in [0.3, 0.4) is 0 Å². The topological polar surface area (TPSA) is 60.0 Å². The van der Waals surface area contributed by atoms with Crippen molar-refractivity contribution in [1.82, 2.24) is 10.2 Å². The van der Waals surface area contributed by atoms with E-state index in [9.17, 15) is 4.79 Å². The van der Waals surface area contributed by atoms with Crippen LogP contribution in [0.2, 0.25) is 0 Å². The zero-order valence-corrected chi connectivity index (χ0v) is 15.8. The van der Waals surface area contributed by atoms with Gasteiger partial charge in [-0.15, -0.1) is 0 Å². The molecule has 2 saturated heterocycles. The summed E-state index contributed by atoms with van der Waals surface area (Å²) >= 11 is 0. The first-order valence-electron chi connectivity index (χ1n) is 9.52. The molecule has 1 amide bonds. The van der Waals surface area contributed by atoms with Crippen molar-refractivity contribution < 1.29 is 19.0 Å². The molecule has 144 valence electrons. The minimum Gasteiger partial charge on any atom is -0.497 e. The van der Waals surface area contributed by atoms with Gasteiger partial charge in [0.2, 0.25) is 5.91 Å². The quantitative estimate of drug-likeness (QED) is 0.806. The van der Waals surface area contributed by atoms with Gasteiger partial charge in [0.1, 0.15) is 11.5 Å². The van der Waals surface area contributed by atoms with Crippen molar-refractivity contribution in [3.05, 3.63) is 23.8 Å². The largest absolute Gasteiger partial charge is 0.497 e. The van der Waals surface area contributed by atoms with Crippen molar-refractivity contribution in [1.29, 1.82) is 0 Å². The summed E-state index contributed by atoms with van der Waals surface area (Å²) in [6.45, 7) is 4.16. The van der Waals surface area contributed by atoms with Crippen LogP contribution in [-0.4, -0.2) is 57.4 Å². The van der Waals surface area contributed by atoms with Crippen molar-refractivity contribution in [2.45, 2.75) is 38.3 Å². The Balaban J connectivity index is 1.45. The second-order valence-corrected chi connectivity index (χ2v) is 7.11. The fourth-order valence-corrected chi connectivity index (χ4v) is 3.74. The summed E-state index contributed by atoms with van der Waals surface area (Å²) in [5.74, 6) is 1.94. The smallest absolute Gasteiger partial charge is 0.223 e. The maximum atomic E-state index is 12.4. The molecule has 2 aliphatic rings. The van der Waals surface area contributed by atoms with Gasteiger partial charge in [0, 0.05) is 37.2 Å². The zero-order chi connectivity index (χ0) is 18.4. The number of carbonyl (C=O) groups is 1. The van der Waals surface area contributed by atoms with Gasteiger partial charge in [-0.05, 0) is 44.8 Å². The highest BCUT2D eigenvalue weighted by Crippen LogP contribution is 2.27. The van der Waals surface area contributed by atoms with Gasteiger partial charge in [0.05, 0.1) is 20.3 Å². The first-order chi connectivity index (χ1) is 12.7. The molecule has 26 heavy (non-hydrogen) atoms. The van der Waals surface area contributed by atoms with E-state index in [4.69, 9.17) is 14.2 Å². The van der Waals surface area contributed by atoms with Gasteiger partial charge in [-0.2, -0.15) is 0 Å². The summed E-state index contributed by atoms with van der Waals surface area (Å²) in [7, 11) is 3.34. The Morgan fingerprint density at radius 2 is 2.04 bits per heavy atom. The summed E-state index contributed by atoms with van der Waals surface area (Å²) in [6, 6.07) is 5.93. The maximum absolute atomic E-state index is 12.4. The molecule has 6 nitrogen and oxygen atoms in total. The number of nitrogens with zero attached hydrogens (tertiary/aromatic N) is 1. The van der Waals surface area contributed by atoms with Crippen molar-refractivity contribution >= 4 is 5.91 Å². The summed E-state index contributed by atoms with van der Waals surface area (Å²) < 4.78 is 16.3. The molecule has 1 N–H and O–H groups in total. The van der Waals surface area contributed by atoms with Gasteiger partial charge < -0.3 is 19.5 Å². The normalized spacial score (nSPS) is 21.5. The molecule has 0 spiro atoms. The summed E-state index contributed by atoms with van der Waals surface area (Å²) in [4.78, 5) is 14.8. The van der Waals surface area contributed by atoms with Crippen LogP contribution in [-0.2, 0) is 16.1 Å². The molecule has 0 radical (unpaired) electrons. The second kappa shape index (κ2) is 9.24. The van der Waals surface area contributed by atoms with E-state index >= 15 is 0 Å². The lowest BCUT2D eigenvalue weighted by Gasteiger charge is -2.31. The monoisotopic (exact) mass is 362 g/mol. The molecule has 2 aliphatic heterocycles. The Morgan fingerprint density at radius 1 is 1.23 bits per heavy atom. The molecule has 1 aromatic carbocycles. The predicted molar refractivity (Wildman–Crippen MR) is 99.5 cm³/mol. The number of nitrogens with one attached hydrogen (secondary N) is 1. The Labute approximate surface area is 155 Å². The highest BCUT2D eigenvalue weighted by molar-refractivity contribution is 5.78. The summed E-state index contributed by atoms with van der Waals surface area (Å²) in [6.07, 6.45) is 4.17. The van der Waals surface area contributed by atoms with Crippen LogP contribution in [0.1, 0.15) is 31.2 Å². The molecular weight excluding hydrogens is 332 g/mol. The van der Waals surface area contributed by atoms with Gasteiger partial charge >= 0.3 is 0 Å². The molecule has 3 rings (SSSR count). The number of hydrogen-bond donors (Lipinski definition) is 1. The van der Waals surface area contributed by atoms with Gasteiger partial charge in [-0.1, -0.05) is 6.07 Å². The maximum Gasteiger partial charge on any atom is 0.223 e. The molecule has 0 bridgehead atoms. The number of amides is 1. The van der Waals surface area contributed by atoms with Gasteiger partial charge in [0.25, 0.3) is 0 Å². The molecular formula is C20H30N2O4. The average molecular weight is 362 g/mol. The van der Waals surface area contributed by atoms with Gasteiger partial charge in [-0.3, -0.25) is 9.69 Å². The SMILES string of the molecule is COc1ccc(CN2CCC(C(=O)NC[C@H]3CCCO3)CC2)c(OC)c1. The minimum absolute atomic E-state index is 0.116. The fourth-order valence-electron chi connectivity index (χ4n) is 3.74. The minimum atomic E-state index is 0.116. The zero-order valence-electron chi connectivity index (χ0n) is 15.8. The Bertz CT molecular complexity index is 593. The van der Waals surface area contributed by atoms with E-state index < -0.39 is 0 Å². The lowest BCUT2D eigenvalue weighted by molar-refractivity contribution is -0.127. The molecule has 1 aromatic rings. The van der Waals surface area contributed by atoms with Crippen molar-refractivity contribution in [3.63, 3.8) is 0 Å². The number of likely N-dealkylation sites (tertiary alicyclic amines) is 1. The van der Waals surface area contributed by atoms with Crippen molar-refractivity contribution in [3.8, 4) is 11.5 Å². The first-order valence-corrected chi connectivity index (χ1v) is 9.52. The predicted octanol–water partition coefficient (Wildman–Crippen LogP) is 2.21. The second-order valence-electron chi connectivity index (χ2n) is 7.11. The number of carbonyl (C=O) groups excluding carboxylic acids is 1. The Kier molecular flexibility index (Phi) is 6.74. The van der Waals surface area contributed by atoms with E-state index in [2.05, 4.69) is 16.3 Å². The third-order valence-electron chi connectivity index (χ3n) is 5.37. The van der Waals surface area contributed by atoms with E-state index in [1.54, 1.807) is 14.2 Å². The molecule has 1 atom stereocenters. The molecule has 0 aliphatic carbocycles. The number of piperidine rings is 1. The van der Waals surface area contributed by atoms with Crippen molar-refractivity contribution in [2.75, 3.05) is 40.5 Å². The van der Waals surface area contributed by atoms with Gasteiger partial charge in [0.15, 0.2) is 0 Å². The average Bonchev–Trinajstić information content (AvgIpc) is 3.20. The van der Waals surface area contributed by atoms with Crippen molar-refractivity contribution in [2.24, 2.45) is 5.92 Å². The fraction of sp³-hybridized carbons (Fsp3) is 0.650. The van der Waals surface area contributed by atoms with E-state index in [1.165, 1.54) is 0 Å². The van der Waals surface area contributed by atoms with Gasteiger partial charge in [-0.25, -0.2) is 0 Å². The van der Waals surface area contributed by atoms with Crippen LogP contribution in [0.15, 0.2) is 18.2 Å². The van der Waals surface area contributed by atoms with E-state index in [1.807, 2.05) is 12.1 Å². The molecule has 0 aromatic heterocycles. The Morgan fingerprint density at radius 3 is 2.69 bits per heavy atom. The number of rotatable bonds is 7. The standard InChI is InChI=1S/C20H30N2O4/c1-24-17-6-5-16(19(12-17)25-2)14-22-9-7-15(8-10-22)20(23)21-13-18-4-3-11-26-18/h5-6,12,15,18H,3-4,7-11,13-14H2,1-2H3,(H,21,23)/t18-/m1/s1. The first kappa shape index (κ1) is 19.0. The van der Waals surface area contributed by atoms with Crippen LogP contribution in [0.5, 0.6) is 11.5 Å². The summed E-state index contributed by atoms with van der Waals surface area (Å²) in [5, 5.41) is 3.07. The third-order valence-corrected chi connectivity index (χ3v) is 5.37. The van der Waals surface area contributed by atoms with E-state index in [0.29, 0.717) is 6.54 Å². The van der Waals surface area contributed by atoms with Crippen LogP contribution >= 0.6 is 0 Å². The number of ether oxygens (including phenoxy) is 3. The lowest BCUT2D eigenvalue weighted by Crippen LogP contribution is -2.42. The lowest BCUT2D eigenvalue weighted by atomic mass is 9.95.